The Kier molecular flexibility index (Phi) is 7.00. The minimum absolute atomic E-state index is 0.0351. The Morgan fingerprint density at radius 2 is 1.79 bits per heavy atom. The average Bonchev–Trinajstić information content (AvgIpc) is 3.54. The molecule has 3 aromatic heterocycles. The fraction of sp³-hybridized carbons (Fsp3) is 0.241. The van der Waals surface area contributed by atoms with Crippen LogP contribution in [-0.2, 0) is 6.18 Å². The van der Waals surface area contributed by atoms with Crippen molar-refractivity contribution >= 4 is 17.1 Å². The predicted octanol–water partition coefficient (Wildman–Crippen LogP) is 4.89. The van der Waals surface area contributed by atoms with Crippen molar-refractivity contribution in [1.82, 2.24) is 29.2 Å². The van der Waals surface area contributed by atoms with Gasteiger partial charge in [0.2, 0.25) is 0 Å². The second-order valence-corrected chi connectivity index (χ2v) is 10.3. The SMILES string of the molecule is CN1CCC(n2c(=O)[nH]c3nccc(Oc4ccc(-c5nn(-c6ccccc6)c(C(F)(F)F)c5C(N)=O)cc4F)c32)CC1. The number of alkyl halides is 3. The van der Waals surface area contributed by atoms with Gasteiger partial charge in [-0.05, 0) is 63.3 Å². The third-order valence-electron chi connectivity index (χ3n) is 7.45. The van der Waals surface area contributed by atoms with Gasteiger partial charge in [0.15, 0.2) is 28.7 Å². The van der Waals surface area contributed by atoms with Crippen molar-refractivity contribution in [3.05, 3.63) is 88.4 Å². The first-order valence-electron chi connectivity index (χ1n) is 13.3. The lowest BCUT2D eigenvalue weighted by molar-refractivity contribution is -0.143. The number of carbonyl (C=O) groups is 1. The summed E-state index contributed by atoms with van der Waals surface area (Å²) in [5.74, 6) is -2.41. The van der Waals surface area contributed by atoms with Crippen molar-refractivity contribution in [3.8, 4) is 28.4 Å². The van der Waals surface area contributed by atoms with E-state index in [1.807, 2.05) is 7.05 Å². The number of likely N-dealkylation sites (tertiary alicyclic amines) is 1. The highest BCUT2D eigenvalue weighted by molar-refractivity contribution is 6.00. The largest absolute Gasteiger partial charge is 0.452 e. The van der Waals surface area contributed by atoms with E-state index in [1.54, 1.807) is 10.6 Å². The van der Waals surface area contributed by atoms with Crippen LogP contribution >= 0.6 is 0 Å². The van der Waals surface area contributed by atoms with Gasteiger partial charge in [-0.3, -0.25) is 14.3 Å². The van der Waals surface area contributed by atoms with Gasteiger partial charge in [0.05, 0.1) is 11.3 Å². The van der Waals surface area contributed by atoms with Gasteiger partial charge in [-0.25, -0.2) is 18.9 Å². The summed E-state index contributed by atoms with van der Waals surface area (Å²) in [6.45, 7) is 1.58. The molecule has 14 heteroatoms. The van der Waals surface area contributed by atoms with Gasteiger partial charge < -0.3 is 15.4 Å². The standard InChI is InChI=1S/C29H25F4N7O3/c1-38-13-10-17(11-14-38)39-24-21(9-12-35-27(24)36-28(39)42)43-20-8-7-16(15-19(20)30)23-22(26(34)41)25(29(31,32)33)40(37-23)18-5-3-2-4-6-18/h2-9,12,15,17H,10-11,13-14H2,1H3,(H2,34,41)(H,35,36,42). The van der Waals surface area contributed by atoms with Crippen LogP contribution in [0, 0.1) is 5.82 Å². The number of para-hydroxylation sites is 1. The number of halogens is 4. The summed E-state index contributed by atoms with van der Waals surface area (Å²) in [7, 11) is 2.00. The molecule has 0 spiro atoms. The minimum atomic E-state index is -5.00. The number of aromatic nitrogens is 5. The molecular formula is C29H25F4N7O3. The molecule has 4 heterocycles. The smallest absolute Gasteiger partial charge is 0.434 e. The molecule has 0 aliphatic carbocycles. The molecule has 1 aliphatic rings. The van der Waals surface area contributed by atoms with E-state index in [2.05, 4.69) is 20.0 Å². The lowest BCUT2D eigenvalue weighted by Crippen LogP contribution is -2.34. The normalized spacial score (nSPS) is 14.8. The van der Waals surface area contributed by atoms with Crippen LogP contribution in [0.15, 0.2) is 65.6 Å². The Balaban J connectivity index is 1.41. The summed E-state index contributed by atoms with van der Waals surface area (Å²) in [4.78, 5) is 34.3. The van der Waals surface area contributed by atoms with Crippen molar-refractivity contribution < 1.29 is 27.1 Å². The number of hydrogen-bond acceptors (Lipinski definition) is 6. The van der Waals surface area contributed by atoms with E-state index in [1.165, 1.54) is 48.7 Å². The highest BCUT2D eigenvalue weighted by atomic mass is 19.4. The van der Waals surface area contributed by atoms with Gasteiger partial charge in [-0.1, -0.05) is 18.2 Å². The molecule has 43 heavy (non-hydrogen) atoms. The van der Waals surface area contributed by atoms with Gasteiger partial charge in [0.25, 0.3) is 5.91 Å². The maximum Gasteiger partial charge on any atom is 0.434 e. The monoisotopic (exact) mass is 595 g/mol. The van der Waals surface area contributed by atoms with Crippen molar-refractivity contribution in [2.45, 2.75) is 25.1 Å². The number of carbonyl (C=O) groups excluding carboxylic acids is 1. The predicted molar refractivity (Wildman–Crippen MR) is 149 cm³/mol. The molecule has 0 unspecified atom stereocenters. The average molecular weight is 596 g/mol. The number of imidazole rings is 1. The maximum atomic E-state index is 15.5. The number of amides is 1. The fourth-order valence-corrected chi connectivity index (χ4v) is 5.43. The highest BCUT2D eigenvalue weighted by Crippen LogP contribution is 2.40. The van der Waals surface area contributed by atoms with E-state index < -0.39 is 34.9 Å². The molecule has 1 amide bonds. The number of fused-ring (bicyclic) bond motifs is 1. The Morgan fingerprint density at radius 3 is 2.44 bits per heavy atom. The van der Waals surface area contributed by atoms with E-state index in [4.69, 9.17) is 10.5 Å². The number of H-pyrrole nitrogens is 1. The molecular weight excluding hydrogens is 570 g/mol. The summed E-state index contributed by atoms with van der Waals surface area (Å²) < 4.78 is 66.1. The van der Waals surface area contributed by atoms with Crippen LogP contribution in [0.1, 0.15) is 34.9 Å². The van der Waals surface area contributed by atoms with Gasteiger partial charge >= 0.3 is 11.9 Å². The molecule has 0 atom stereocenters. The Morgan fingerprint density at radius 1 is 1.07 bits per heavy atom. The molecule has 1 fully saturated rings. The van der Waals surface area contributed by atoms with E-state index in [-0.39, 0.29) is 40.1 Å². The van der Waals surface area contributed by atoms with Crippen LogP contribution < -0.4 is 16.2 Å². The fourth-order valence-electron chi connectivity index (χ4n) is 5.43. The molecule has 222 valence electrons. The third kappa shape index (κ3) is 5.14. The van der Waals surface area contributed by atoms with E-state index >= 15 is 4.39 Å². The molecule has 2 aromatic carbocycles. The van der Waals surface area contributed by atoms with E-state index in [0.29, 0.717) is 10.2 Å². The quantitative estimate of drug-likeness (QED) is 0.270. The van der Waals surface area contributed by atoms with Crippen molar-refractivity contribution in [1.29, 1.82) is 0 Å². The van der Waals surface area contributed by atoms with Crippen LogP contribution in [0.4, 0.5) is 17.6 Å². The molecule has 0 bridgehead atoms. The zero-order chi connectivity index (χ0) is 30.5. The number of nitrogens with zero attached hydrogens (tertiary/aromatic N) is 5. The molecule has 3 N–H and O–H groups in total. The summed E-state index contributed by atoms with van der Waals surface area (Å²) >= 11 is 0. The zero-order valence-corrected chi connectivity index (χ0v) is 22.7. The van der Waals surface area contributed by atoms with Crippen molar-refractivity contribution in [2.75, 3.05) is 20.1 Å². The van der Waals surface area contributed by atoms with Crippen LogP contribution in [0.3, 0.4) is 0 Å². The number of benzene rings is 2. The van der Waals surface area contributed by atoms with Crippen LogP contribution in [-0.4, -0.2) is 55.3 Å². The van der Waals surface area contributed by atoms with Crippen molar-refractivity contribution in [3.63, 3.8) is 0 Å². The maximum absolute atomic E-state index is 15.5. The van der Waals surface area contributed by atoms with Crippen molar-refractivity contribution in [2.24, 2.45) is 5.73 Å². The minimum Gasteiger partial charge on any atom is -0.452 e. The second kappa shape index (κ2) is 10.7. The van der Waals surface area contributed by atoms with Gasteiger partial charge in [0, 0.05) is 23.9 Å². The zero-order valence-electron chi connectivity index (χ0n) is 22.7. The number of piperidine rings is 1. The number of nitrogens with two attached hydrogens (primary N) is 1. The number of pyridine rings is 1. The number of rotatable bonds is 6. The number of nitrogens with one attached hydrogen (secondary N) is 1. The van der Waals surface area contributed by atoms with Crippen LogP contribution in [0.5, 0.6) is 11.5 Å². The number of aromatic amines is 1. The summed E-state index contributed by atoms with van der Waals surface area (Å²) in [6, 6.07) is 12.2. The molecule has 0 saturated carbocycles. The van der Waals surface area contributed by atoms with E-state index in [9.17, 15) is 22.8 Å². The van der Waals surface area contributed by atoms with Gasteiger partial charge in [0.1, 0.15) is 11.2 Å². The van der Waals surface area contributed by atoms with Crippen LogP contribution in [0.25, 0.3) is 28.1 Å². The molecule has 6 rings (SSSR count). The van der Waals surface area contributed by atoms with Crippen LogP contribution in [0.2, 0.25) is 0 Å². The molecule has 1 aliphatic heterocycles. The first kappa shape index (κ1) is 28.2. The molecule has 10 nitrogen and oxygen atoms in total. The lowest BCUT2D eigenvalue weighted by Gasteiger charge is -2.29. The Bertz CT molecular complexity index is 1890. The number of primary amides is 1. The van der Waals surface area contributed by atoms with Gasteiger partial charge in [-0.15, -0.1) is 0 Å². The lowest BCUT2D eigenvalue weighted by atomic mass is 10.0. The topological polar surface area (TPSA) is 124 Å². The number of hydrogen-bond donors (Lipinski definition) is 2. The molecule has 5 aromatic rings. The third-order valence-corrected chi connectivity index (χ3v) is 7.45. The Labute approximate surface area is 241 Å². The first-order valence-corrected chi connectivity index (χ1v) is 13.3. The first-order chi connectivity index (χ1) is 20.5. The summed E-state index contributed by atoms with van der Waals surface area (Å²) in [5, 5.41) is 4.04. The number of ether oxygens (including phenoxy) is 1. The summed E-state index contributed by atoms with van der Waals surface area (Å²) in [6.07, 6.45) is -2.15. The Hall–Kier alpha value is -4.98. The molecule has 0 radical (unpaired) electrons. The van der Waals surface area contributed by atoms with Gasteiger partial charge in [-0.2, -0.15) is 18.3 Å². The molecule has 1 saturated heterocycles. The second-order valence-electron chi connectivity index (χ2n) is 10.3. The highest BCUT2D eigenvalue weighted by Gasteiger charge is 2.42. The van der Waals surface area contributed by atoms with E-state index in [0.717, 1.165) is 32.0 Å². The summed E-state index contributed by atoms with van der Waals surface area (Å²) in [5.41, 5.74) is 2.88.